The molecule has 0 N–H and O–H groups in total. The Kier molecular flexibility index (Phi) is 4.23. The van der Waals surface area contributed by atoms with Crippen molar-refractivity contribution in [2.24, 2.45) is 0 Å². The van der Waals surface area contributed by atoms with E-state index in [0.717, 1.165) is 11.0 Å². The third-order valence-corrected chi connectivity index (χ3v) is 4.48. The average molecular weight is 268 g/mol. The van der Waals surface area contributed by atoms with Gasteiger partial charge in [-0.15, -0.1) is 0 Å². The first-order valence-corrected chi connectivity index (χ1v) is 7.75. The predicted molar refractivity (Wildman–Crippen MR) is 70.8 cm³/mol. The minimum atomic E-state index is -3.09. The van der Waals surface area contributed by atoms with Gasteiger partial charge in [0.15, 0.2) is 0 Å². The lowest BCUT2D eigenvalue weighted by Gasteiger charge is -2.15. The van der Waals surface area contributed by atoms with Crippen LogP contribution in [0.3, 0.4) is 0 Å². The predicted octanol–water partition coefficient (Wildman–Crippen LogP) is 4.20. The Bertz CT molecular complexity index is 518. The molecule has 1 heterocycles. The first-order valence-electron chi connectivity index (χ1n) is 6.02. The van der Waals surface area contributed by atoms with Crippen molar-refractivity contribution in [1.82, 2.24) is 0 Å². The van der Waals surface area contributed by atoms with Crippen molar-refractivity contribution in [2.75, 3.05) is 13.2 Å². The second-order valence-corrected chi connectivity index (χ2v) is 5.91. The van der Waals surface area contributed by atoms with Crippen LogP contribution < -0.4 is 0 Å². The van der Waals surface area contributed by atoms with Crippen molar-refractivity contribution in [1.29, 1.82) is 0 Å². The first-order chi connectivity index (χ1) is 8.67. The molecule has 1 aromatic carbocycles. The highest BCUT2D eigenvalue weighted by Crippen LogP contribution is 2.51. The van der Waals surface area contributed by atoms with Crippen LogP contribution in [0.5, 0.6) is 0 Å². The van der Waals surface area contributed by atoms with Crippen LogP contribution >= 0.6 is 7.60 Å². The molecule has 0 saturated heterocycles. The van der Waals surface area contributed by atoms with E-state index in [4.69, 9.17) is 13.5 Å². The van der Waals surface area contributed by atoms with Gasteiger partial charge in [-0.2, -0.15) is 0 Å². The molecular formula is C13H17O4P. The monoisotopic (exact) mass is 268 g/mol. The zero-order chi connectivity index (χ0) is 13.0. The summed E-state index contributed by atoms with van der Waals surface area (Å²) in [6.45, 7) is 4.31. The second kappa shape index (κ2) is 5.70. The van der Waals surface area contributed by atoms with Gasteiger partial charge in [-0.05, 0) is 26.0 Å². The van der Waals surface area contributed by atoms with Crippen LogP contribution in [0.1, 0.15) is 19.6 Å². The smallest absolute Gasteiger partial charge is 0.338 e. The summed E-state index contributed by atoms with van der Waals surface area (Å²) >= 11 is 0. The fraction of sp³-hybridized carbons (Fsp3) is 0.385. The molecule has 0 bridgehead atoms. The average Bonchev–Trinajstić information content (AvgIpc) is 2.70. The van der Waals surface area contributed by atoms with Gasteiger partial charge >= 0.3 is 7.60 Å². The van der Waals surface area contributed by atoms with Gasteiger partial charge in [0.1, 0.15) is 17.5 Å². The van der Waals surface area contributed by atoms with Crippen LogP contribution in [-0.4, -0.2) is 13.2 Å². The Hall–Kier alpha value is -1.09. The van der Waals surface area contributed by atoms with E-state index >= 15 is 0 Å². The molecule has 0 fully saturated rings. The van der Waals surface area contributed by atoms with Crippen LogP contribution in [0.25, 0.3) is 11.0 Å². The van der Waals surface area contributed by atoms with Gasteiger partial charge in [0.25, 0.3) is 0 Å². The molecule has 2 aromatic rings. The molecule has 0 radical (unpaired) electrons. The van der Waals surface area contributed by atoms with E-state index in [0.29, 0.717) is 19.0 Å². The number of hydrogen-bond donors (Lipinski definition) is 0. The number of rotatable bonds is 6. The Morgan fingerprint density at radius 3 is 2.44 bits per heavy atom. The summed E-state index contributed by atoms with van der Waals surface area (Å²) in [7, 11) is -3.09. The maximum Gasteiger partial charge on any atom is 0.338 e. The Morgan fingerprint density at radius 2 is 1.83 bits per heavy atom. The highest BCUT2D eigenvalue weighted by molar-refractivity contribution is 7.53. The fourth-order valence-electron chi connectivity index (χ4n) is 1.83. The second-order valence-electron chi connectivity index (χ2n) is 3.86. The van der Waals surface area contributed by atoms with Gasteiger partial charge in [-0.25, -0.2) is 0 Å². The molecule has 0 unspecified atom stereocenters. The standard InChI is InChI=1S/C13H17O4P/c1-3-15-18(14,16-4-2)10-12-9-11-7-5-6-8-13(11)17-12/h5-9H,3-4,10H2,1-2H3. The molecule has 0 atom stereocenters. The number of para-hydroxylation sites is 1. The Labute approximate surface area is 106 Å². The van der Waals surface area contributed by atoms with Crippen LogP contribution in [-0.2, 0) is 19.8 Å². The largest absolute Gasteiger partial charge is 0.460 e. The number of hydrogen-bond acceptors (Lipinski definition) is 4. The third kappa shape index (κ3) is 3.02. The summed E-state index contributed by atoms with van der Waals surface area (Å²) < 4.78 is 28.5. The molecule has 0 saturated carbocycles. The molecule has 5 heteroatoms. The van der Waals surface area contributed by atoms with Crippen LogP contribution in [0.15, 0.2) is 34.7 Å². The first kappa shape index (κ1) is 13.3. The van der Waals surface area contributed by atoms with E-state index in [1.54, 1.807) is 13.8 Å². The van der Waals surface area contributed by atoms with Crippen molar-refractivity contribution in [3.8, 4) is 0 Å². The van der Waals surface area contributed by atoms with Crippen LogP contribution in [0, 0.1) is 0 Å². The third-order valence-electron chi connectivity index (χ3n) is 2.48. The molecule has 1 aromatic heterocycles. The molecule has 0 aliphatic heterocycles. The molecule has 18 heavy (non-hydrogen) atoms. The van der Waals surface area contributed by atoms with E-state index < -0.39 is 7.60 Å². The maximum absolute atomic E-state index is 12.4. The molecule has 4 nitrogen and oxygen atoms in total. The Morgan fingerprint density at radius 1 is 1.17 bits per heavy atom. The SMILES string of the molecule is CCOP(=O)(Cc1cc2ccccc2o1)OCC. The topological polar surface area (TPSA) is 48.7 Å². The summed E-state index contributed by atoms with van der Waals surface area (Å²) in [5.41, 5.74) is 0.784. The van der Waals surface area contributed by atoms with Crippen molar-refractivity contribution in [3.05, 3.63) is 36.1 Å². The molecule has 98 valence electrons. The van der Waals surface area contributed by atoms with E-state index in [-0.39, 0.29) is 6.16 Å². The fourth-order valence-corrected chi connectivity index (χ4v) is 3.41. The minimum Gasteiger partial charge on any atom is -0.460 e. The van der Waals surface area contributed by atoms with Crippen LogP contribution in [0.4, 0.5) is 0 Å². The summed E-state index contributed by atoms with van der Waals surface area (Å²) in [5.74, 6) is 0.626. The van der Waals surface area contributed by atoms with Crippen molar-refractivity contribution >= 4 is 18.6 Å². The van der Waals surface area contributed by atoms with Crippen LogP contribution in [0.2, 0.25) is 0 Å². The van der Waals surface area contributed by atoms with E-state index in [1.165, 1.54) is 0 Å². The molecule has 0 aliphatic rings. The number of benzene rings is 1. The highest BCUT2D eigenvalue weighted by Gasteiger charge is 2.26. The van der Waals surface area contributed by atoms with Crippen molar-refractivity contribution in [3.63, 3.8) is 0 Å². The Balaban J connectivity index is 2.23. The molecular weight excluding hydrogens is 251 g/mol. The van der Waals surface area contributed by atoms with Gasteiger partial charge in [0, 0.05) is 5.39 Å². The van der Waals surface area contributed by atoms with Gasteiger partial charge in [0.05, 0.1) is 13.2 Å². The van der Waals surface area contributed by atoms with E-state index in [1.807, 2.05) is 30.3 Å². The molecule has 0 amide bonds. The van der Waals surface area contributed by atoms with Gasteiger partial charge < -0.3 is 13.5 Å². The lowest BCUT2D eigenvalue weighted by Crippen LogP contribution is -1.98. The van der Waals surface area contributed by atoms with E-state index in [2.05, 4.69) is 0 Å². The summed E-state index contributed by atoms with van der Waals surface area (Å²) in [5, 5.41) is 0.993. The van der Waals surface area contributed by atoms with Gasteiger partial charge in [-0.1, -0.05) is 18.2 Å². The lowest BCUT2D eigenvalue weighted by molar-refractivity contribution is 0.217. The van der Waals surface area contributed by atoms with E-state index in [9.17, 15) is 4.57 Å². The summed E-state index contributed by atoms with van der Waals surface area (Å²) in [4.78, 5) is 0. The van der Waals surface area contributed by atoms with Crippen molar-refractivity contribution < 1.29 is 18.0 Å². The summed E-state index contributed by atoms with van der Waals surface area (Å²) in [6, 6.07) is 9.55. The number of furan rings is 1. The zero-order valence-corrected chi connectivity index (χ0v) is 11.5. The quantitative estimate of drug-likeness (QED) is 0.737. The highest BCUT2D eigenvalue weighted by atomic mass is 31.2. The molecule has 0 aliphatic carbocycles. The van der Waals surface area contributed by atoms with Crippen molar-refractivity contribution in [2.45, 2.75) is 20.0 Å². The molecule has 0 spiro atoms. The molecule has 2 rings (SSSR count). The summed E-state index contributed by atoms with van der Waals surface area (Å²) in [6.07, 6.45) is 0.170. The number of fused-ring (bicyclic) bond motifs is 1. The lowest BCUT2D eigenvalue weighted by atomic mass is 10.2. The minimum absolute atomic E-state index is 0.170. The van der Waals surface area contributed by atoms with Gasteiger partial charge in [-0.3, -0.25) is 4.57 Å². The maximum atomic E-state index is 12.4. The zero-order valence-electron chi connectivity index (χ0n) is 10.6. The van der Waals surface area contributed by atoms with Gasteiger partial charge in [0.2, 0.25) is 0 Å². The normalized spacial score (nSPS) is 12.1.